The Morgan fingerprint density at radius 1 is 1.26 bits per heavy atom. The molecule has 204 valence electrons. The number of hydrogen-bond acceptors (Lipinski definition) is 8. The number of pyridine rings is 1. The Hall–Kier alpha value is -3.02. The number of likely N-dealkylation sites (tertiary alicyclic amines) is 1. The number of aliphatic imine (C=N–C) groups is 1. The molecule has 0 radical (unpaired) electrons. The van der Waals surface area contributed by atoms with Gasteiger partial charge in [0.1, 0.15) is 12.3 Å². The summed E-state index contributed by atoms with van der Waals surface area (Å²) in [6, 6.07) is 7.38. The minimum Gasteiger partial charge on any atom is -0.474 e. The maximum Gasteiger partial charge on any atom is 0.238 e. The highest BCUT2D eigenvalue weighted by molar-refractivity contribution is 7.92. The Morgan fingerprint density at radius 2 is 2.00 bits per heavy atom. The largest absolute Gasteiger partial charge is 0.474 e. The van der Waals surface area contributed by atoms with Gasteiger partial charge >= 0.3 is 0 Å². The van der Waals surface area contributed by atoms with Gasteiger partial charge in [-0.05, 0) is 63.2 Å². The first-order valence-electron chi connectivity index (χ1n) is 12.8. The van der Waals surface area contributed by atoms with Crippen LogP contribution < -0.4 is 9.46 Å². The van der Waals surface area contributed by atoms with E-state index >= 15 is 0 Å². The molecular weight excluding hydrogens is 506 g/mol. The number of hydrogen-bond donors (Lipinski definition) is 2. The second-order valence-corrected chi connectivity index (χ2v) is 12.9. The summed E-state index contributed by atoms with van der Waals surface area (Å²) >= 11 is 0. The van der Waals surface area contributed by atoms with E-state index in [2.05, 4.69) is 22.7 Å². The van der Waals surface area contributed by atoms with Gasteiger partial charge in [0.25, 0.3) is 0 Å². The molecular formula is C27H35N5O5S. The van der Waals surface area contributed by atoms with Crippen LogP contribution in [0, 0.1) is 5.41 Å². The lowest BCUT2D eigenvalue weighted by atomic mass is 9.56. The summed E-state index contributed by atoms with van der Waals surface area (Å²) in [4.78, 5) is 26.2. The van der Waals surface area contributed by atoms with Crippen LogP contribution in [0.2, 0.25) is 0 Å². The number of anilines is 1. The van der Waals surface area contributed by atoms with Gasteiger partial charge in [-0.15, -0.1) is 0 Å². The first-order valence-corrected chi connectivity index (χ1v) is 14.6. The highest BCUT2D eigenvalue weighted by Gasteiger charge is 2.66. The Morgan fingerprint density at radius 3 is 2.61 bits per heavy atom. The van der Waals surface area contributed by atoms with Gasteiger partial charge in [0.05, 0.1) is 35.5 Å². The zero-order valence-electron chi connectivity index (χ0n) is 22.4. The normalized spacial score (nSPS) is 24.2. The number of rotatable bonds is 8. The summed E-state index contributed by atoms with van der Waals surface area (Å²) in [5.41, 5.74) is 2.74. The number of sulfonamides is 1. The van der Waals surface area contributed by atoms with E-state index in [4.69, 9.17) is 9.73 Å². The zero-order chi connectivity index (χ0) is 27.5. The first kappa shape index (κ1) is 26.6. The lowest BCUT2D eigenvalue weighted by Gasteiger charge is -2.45. The maximum atomic E-state index is 13.4. The van der Waals surface area contributed by atoms with E-state index in [9.17, 15) is 18.3 Å². The summed E-state index contributed by atoms with van der Waals surface area (Å²) in [7, 11) is 1.91. The lowest BCUT2D eigenvalue weighted by molar-refractivity contribution is -0.140. The number of amides is 1. The van der Waals surface area contributed by atoms with Crippen LogP contribution in [0.4, 0.5) is 11.4 Å². The third kappa shape index (κ3) is 4.26. The van der Waals surface area contributed by atoms with Crippen molar-refractivity contribution in [3.63, 3.8) is 0 Å². The van der Waals surface area contributed by atoms with Crippen LogP contribution in [0.15, 0.2) is 35.5 Å². The predicted molar refractivity (Wildman–Crippen MR) is 147 cm³/mol. The number of nitrogens with zero attached hydrogens (tertiary/aromatic N) is 4. The van der Waals surface area contributed by atoms with E-state index in [-0.39, 0.29) is 42.6 Å². The van der Waals surface area contributed by atoms with E-state index in [0.717, 1.165) is 42.3 Å². The molecule has 1 spiro atoms. The van der Waals surface area contributed by atoms with Gasteiger partial charge in [-0.25, -0.2) is 13.4 Å². The molecule has 2 aromatic rings. The summed E-state index contributed by atoms with van der Waals surface area (Å²) in [5.74, 6) is 0.299. The number of carbonyl (C=O) groups is 1. The van der Waals surface area contributed by atoms with Crippen LogP contribution in [-0.4, -0.2) is 92.6 Å². The predicted octanol–water partition coefficient (Wildman–Crippen LogP) is 2.62. The number of benzene rings is 1. The fourth-order valence-electron chi connectivity index (χ4n) is 6.08. The molecule has 3 atom stereocenters. The molecule has 0 bridgehead atoms. The molecule has 1 saturated heterocycles. The average Bonchev–Trinajstić information content (AvgIpc) is 3.02. The third-order valence-corrected chi connectivity index (χ3v) is 9.06. The van der Waals surface area contributed by atoms with Gasteiger partial charge in [-0.3, -0.25) is 14.5 Å². The standard InChI is InChI=1S/C27H35N5O5S/c1-26-16-29-21-8-7-17(11-20(21)23(26)27(9-6-10-27)25(34)32(26)4)18-12-22(30-38(5,35)36)24(28-13-18)37-15-19(14-33)31(2)3/h7-8,11-13,16,19,23,30,33H,6,9-10,14-15H2,1-5H3. The van der Waals surface area contributed by atoms with Crippen molar-refractivity contribution >= 4 is 33.5 Å². The molecule has 1 aromatic heterocycles. The van der Waals surface area contributed by atoms with Crippen molar-refractivity contribution in [2.75, 3.05) is 45.3 Å². The number of aliphatic hydroxyl groups is 1. The maximum absolute atomic E-state index is 13.4. The van der Waals surface area contributed by atoms with E-state index in [1.807, 2.05) is 49.3 Å². The van der Waals surface area contributed by atoms with Crippen molar-refractivity contribution in [3.8, 4) is 17.0 Å². The molecule has 11 heteroatoms. The second-order valence-electron chi connectivity index (χ2n) is 11.1. The number of aliphatic hydroxyl groups excluding tert-OH is 1. The number of fused-ring (bicyclic) bond motifs is 4. The van der Waals surface area contributed by atoms with E-state index in [1.165, 1.54) is 0 Å². The molecule has 1 aliphatic carbocycles. The van der Waals surface area contributed by atoms with Crippen molar-refractivity contribution in [1.29, 1.82) is 0 Å². The van der Waals surface area contributed by atoms with Crippen LogP contribution in [-0.2, 0) is 14.8 Å². The van der Waals surface area contributed by atoms with Crippen molar-refractivity contribution in [3.05, 3.63) is 36.0 Å². The molecule has 3 heterocycles. The second kappa shape index (κ2) is 9.32. The van der Waals surface area contributed by atoms with E-state index in [1.54, 1.807) is 12.3 Å². The highest BCUT2D eigenvalue weighted by Crippen LogP contribution is 2.64. The van der Waals surface area contributed by atoms with Gasteiger partial charge < -0.3 is 19.6 Å². The summed E-state index contributed by atoms with van der Waals surface area (Å²) in [6.45, 7) is 2.10. The molecule has 10 nitrogen and oxygen atoms in total. The fraction of sp³-hybridized carbons (Fsp3) is 0.519. The number of ether oxygens (including phenoxy) is 1. The number of carbonyl (C=O) groups excluding carboxylic acids is 1. The highest BCUT2D eigenvalue weighted by atomic mass is 32.2. The van der Waals surface area contributed by atoms with Crippen molar-refractivity contribution in [1.82, 2.24) is 14.8 Å². The SMILES string of the molecule is CN(C)C(CO)COc1ncc(-c2ccc3c(c2)C2C4(CCC4)C(=O)N(C)C2(C)C=N3)cc1NS(C)(=O)=O. The Kier molecular flexibility index (Phi) is 6.52. The fourth-order valence-corrected chi connectivity index (χ4v) is 6.63. The Balaban J connectivity index is 1.54. The van der Waals surface area contributed by atoms with Crippen LogP contribution in [0.25, 0.3) is 11.1 Å². The van der Waals surface area contributed by atoms with Crippen molar-refractivity contribution in [2.24, 2.45) is 10.4 Å². The number of aromatic nitrogens is 1. The van der Waals surface area contributed by atoms with Gasteiger partial charge in [-0.1, -0.05) is 12.5 Å². The van der Waals surface area contributed by atoms with Crippen LogP contribution in [0.1, 0.15) is 37.7 Å². The van der Waals surface area contributed by atoms with Crippen molar-refractivity contribution in [2.45, 2.75) is 43.7 Å². The topological polar surface area (TPSA) is 124 Å². The number of likely N-dealkylation sites (N-methyl/N-ethyl adjacent to an activating group) is 2. The van der Waals surface area contributed by atoms with E-state index in [0.29, 0.717) is 5.56 Å². The molecule has 2 fully saturated rings. The molecule has 3 unspecified atom stereocenters. The molecule has 38 heavy (non-hydrogen) atoms. The average molecular weight is 542 g/mol. The van der Waals surface area contributed by atoms with Crippen LogP contribution >= 0.6 is 0 Å². The van der Waals surface area contributed by atoms with Gasteiger partial charge in [0.15, 0.2) is 0 Å². The molecule has 5 rings (SSSR count). The molecule has 1 amide bonds. The summed E-state index contributed by atoms with van der Waals surface area (Å²) < 4.78 is 32.6. The minimum atomic E-state index is -3.61. The molecule has 1 saturated carbocycles. The monoisotopic (exact) mass is 541 g/mol. The molecule has 1 aromatic carbocycles. The molecule has 3 aliphatic rings. The minimum absolute atomic E-state index is 0.0145. The smallest absolute Gasteiger partial charge is 0.238 e. The Labute approximate surface area is 223 Å². The van der Waals surface area contributed by atoms with Gasteiger partial charge in [-0.2, -0.15) is 0 Å². The van der Waals surface area contributed by atoms with Crippen molar-refractivity contribution < 1.29 is 23.1 Å². The van der Waals surface area contributed by atoms with Crippen LogP contribution in [0.5, 0.6) is 5.88 Å². The van der Waals surface area contributed by atoms with Gasteiger partial charge in [0, 0.05) is 30.9 Å². The first-order chi connectivity index (χ1) is 17.9. The summed E-state index contributed by atoms with van der Waals surface area (Å²) in [6.07, 6.45) is 7.40. The molecule has 2 N–H and O–H groups in total. The van der Waals surface area contributed by atoms with Crippen LogP contribution in [0.3, 0.4) is 0 Å². The Bertz CT molecular complexity index is 1400. The van der Waals surface area contributed by atoms with Gasteiger partial charge in [0.2, 0.25) is 21.8 Å². The lowest BCUT2D eigenvalue weighted by Crippen LogP contribution is -2.46. The molecule has 2 aliphatic heterocycles. The summed E-state index contributed by atoms with van der Waals surface area (Å²) in [5, 5.41) is 9.61. The third-order valence-electron chi connectivity index (χ3n) is 8.47. The van der Waals surface area contributed by atoms with E-state index < -0.39 is 21.0 Å². The zero-order valence-corrected chi connectivity index (χ0v) is 23.2. The quantitative estimate of drug-likeness (QED) is 0.526. The number of nitrogens with one attached hydrogen (secondary N) is 1.